The van der Waals surface area contributed by atoms with Crippen molar-refractivity contribution in [1.82, 2.24) is 20.8 Å². The SMILES string of the molecule is CN=C(NCc1nc(-c2cccc(Cl)c2)no1)NC(C)c1cc2ccccc2o1. The Bertz CT molecular complexity index is 1120. The van der Waals surface area contributed by atoms with Crippen LogP contribution in [0.1, 0.15) is 24.6 Å². The number of fused-ring (bicyclic) bond motifs is 1. The molecule has 0 aliphatic carbocycles. The van der Waals surface area contributed by atoms with Crippen LogP contribution in [0.5, 0.6) is 0 Å². The summed E-state index contributed by atoms with van der Waals surface area (Å²) in [5.74, 6) is 2.36. The predicted molar refractivity (Wildman–Crippen MR) is 113 cm³/mol. The molecule has 2 heterocycles. The highest BCUT2D eigenvalue weighted by Gasteiger charge is 2.14. The van der Waals surface area contributed by atoms with Gasteiger partial charge < -0.3 is 19.6 Å². The summed E-state index contributed by atoms with van der Waals surface area (Å²) in [7, 11) is 1.70. The first kappa shape index (κ1) is 19.0. The Labute approximate surface area is 172 Å². The molecule has 0 saturated heterocycles. The van der Waals surface area contributed by atoms with Gasteiger partial charge in [0.1, 0.15) is 11.3 Å². The van der Waals surface area contributed by atoms with E-state index < -0.39 is 0 Å². The van der Waals surface area contributed by atoms with Crippen molar-refractivity contribution in [3.63, 3.8) is 0 Å². The molecule has 8 heteroatoms. The third kappa shape index (κ3) is 4.41. The number of benzene rings is 2. The van der Waals surface area contributed by atoms with Gasteiger partial charge in [-0.3, -0.25) is 4.99 Å². The second-order valence-electron chi connectivity index (χ2n) is 6.50. The number of furan rings is 1. The lowest BCUT2D eigenvalue weighted by Gasteiger charge is -2.15. The fourth-order valence-electron chi connectivity index (χ4n) is 2.92. The van der Waals surface area contributed by atoms with Crippen molar-refractivity contribution in [2.75, 3.05) is 7.05 Å². The van der Waals surface area contributed by atoms with Gasteiger partial charge in [0.2, 0.25) is 11.7 Å². The lowest BCUT2D eigenvalue weighted by atomic mass is 10.2. The van der Waals surface area contributed by atoms with Crippen molar-refractivity contribution < 1.29 is 8.94 Å². The number of nitrogens with zero attached hydrogens (tertiary/aromatic N) is 3. The number of hydrogen-bond donors (Lipinski definition) is 2. The molecular formula is C21H20ClN5O2. The zero-order chi connectivity index (χ0) is 20.2. The maximum Gasteiger partial charge on any atom is 0.246 e. The summed E-state index contributed by atoms with van der Waals surface area (Å²) >= 11 is 6.02. The first-order valence-electron chi connectivity index (χ1n) is 9.16. The summed E-state index contributed by atoms with van der Waals surface area (Å²) in [5, 5.41) is 12.2. The van der Waals surface area contributed by atoms with Crippen molar-refractivity contribution in [3.8, 4) is 11.4 Å². The van der Waals surface area contributed by atoms with E-state index in [2.05, 4.69) is 25.8 Å². The molecule has 29 heavy (non-hydrogen) atoms. The average molecular weight is 410 g/mol. The van der Waals surface area contributed by atoms with E-state index in [0.717, 1.165) is 22.3 Å². The summed E-state index contributed by atoms with van der Waals surface area (Å²) < 4.78 is 11.2. The Morgan fingerprint density at radius 3 is 2.83 bits per heavy atom. The number of halogens is 1. The van der Waals surface area contributed by atoms with Crippen LogP contribution < -0.4 is 10.6 Å². The first-order chi connectivity index (χ1) is 14.1. The van der Waals surface area contributed by atoms with E-state index in [1.807, 2.05) is 49.4 Å². The van der Waals surface area contributed by atoms with Crippen LogP contribution in [0.2, 0.25) is 5.02 Å². The number of para-hydroxylation sites is 1. The molecular weight excluding hydrogens is 390 g/mol. The summed E-state index contributed by atoms with van der Waals surface area (Å²) in [5.41, 5.74) is 1.66. The normalized spacial score (nSPS) is 12.9. The minimum Gasteiger partial charge on any atom is -0.459 e. The number of aromatic nitrogens is 2. The lowest BCUT2D eigenvalue weighted by Crippen LogP contribution is -2.38. The van der Waals surface area contributed by atoms with E-state index >= 15 is 0 Å². The van der Waals surface area contributed by atoms with Gasteiger partial charge in [-0.05, 0) is 31.2 Å². The van der Waals surface area contributed by atoms with Gasteiger partial charge in [-0.25, -0.2) is 0 Å². The second kappa shape index (κ2) is 8.36. The molecule has 0 fully saturated rings. The Balaban J connectivity index is 1.38. The summed E-state index contributed by atoms with van der Waals surface area (Å²) in [6, 6.07) is 17.2. The van der Waals surface area contributed by atoms with Crippen LogP contribution in [-0.4, -0.2) is 23.1 Å². The topological polar surface area (TPSA) is 88.5 Å². The molecule has 1 unspecified atom stereocenters. The third-order valence-corrected chi connectivity index (χ3v) is 4.64. The number of guanidine groups is 1. The van der Waals surface area contributed by atoms with Crippen LogP contribution in [0.3, 0.4) is 0 Å². The van der Waals surface area contributed by atoms with Crippen LogP contribution in [0.15, 0.2) is 68.5 Å². The number of hydrogen-bond acceptors (Lipinski definition) is 5. The molecule has 4 rings (SSSR count). The third-order valence-electron chi connectivity index (χ3n) is 4.41. The molecule has 0 aliphatic heterocycles. The van der Waals surface area contributed by atoms with E-state index in [4.69, 9.17) is 20.5 Å². The summed E-state index contributed by atoms with van der Waals surface area (Å²) in [6.07, 6.45) is 0. The molecule has 2 N–H and O–H groups in total. The van der Waals surface area contributed by atoms with Gasteiger partial charge in [-0.1, -0.05) is 47.1 Å². The average Bonchev–Trinajstić information content (AvgIpc) is 3.38. The van der Waals surface area contributed by atoms with Crippen molar-refractivity contribution >= 4 is 28.5 Å². The van der Waals surface area contributed by atoms with Gasteiger partial charge >= 0.3 is 0 Å². The van der Waals surface area contributed by atoms with E-state index in [-0.39, 0.29) is 6.04 Å². The number of nitrogens with one attached hydrogen (secondary N) is 2. The van der Waals surface area contributed by atoms with Crippen molar-refractivity contribution in [2.24, 2.45) is 4.99 Å². The van der Waals surface area contributed by atoms with E-state index in [0.29, 0.717) is 29.2 Å². The van der Waals surface area contributed by atoms with Gasteiger partial charge in [0.05, 0.1) is 12.6 Å². The van der Waals surface area contributed by atoms with Gasteiger partial charge in [-0.15, -0.1) is 0 Å². The fraction of sp³-hybridized carbons (Fsp3) is 0.190. The van der Waals surface area contributed by atoms with E-state index in [1.54, 1.807) is 19.2 Å². The van der Waals surface area contributed by atoms with Crippen LogP contribution in [-0.2, 0) is 6.54 Å². The maximum absolute atomic E-state index is 6.02. The Morgan fingerprint density at radius 2 is 2.03 bits per heavy atom. The highest BCUT2D eigenvalue weighted by atomic mass is 35.5. The van der Waals surface area contributed by atoms with Crippen LogP contribution in [0.25, 0.3) is 22.4 Å². The standard InChI is InChI=1S/C21H20ClN5O2/c1-13(18-11-14-6-3-4-9-17(14)28-18)25-21(23-2)24-12-19-26-20(27-29-19)15-7-5-8-16(22)10-15/h3-11,13H,12H2,1-2H3,(H2,23,24,25). The molecule has 148 valence electrons. The van der Waals surface area contributed by atoms with Crippen LogP contribution in [0, 0.1) is 0 Å². The molecule has 0 radical (unpaired) electrons. The number of aliphatic imine (C=N–C) groups is 1. The molecule has 2 aromatic carbocycles. The molecule has 0 amide bonds. The van der Waals surface area contributed by atoms with Crippen LogP contribution >= 0.6 is 11.6 Å². The van der Waals surface area contributed by atoms with Crippen molar-refractivity contribution in [3.05, 3.63) is 71.3 Å². The van der Waals surface area contributed by atoms with E-state index in [9.17, 15) is 0 Å². The van der Waals surface area contributed by atoms with Crippen molar-refractivity contribution in [2.45, 2.75) is 19.5 Å². The van der Waals surface area contributed by atoms with E-state index in [1.165, 1.54) is 0 Å². The molecule has 4 aromatic rings. The minimum atomic E-state index is -0.0710. The molecule has 0 bridgehead atoms. The summed E-state index contributed by atoms with van der Waals surface area (Å²) in [6.45, 7) is 2.34. The Kier molecular flexibility index (Phi) is 5.48. The molecule has 7 nitrogen and oxygen atoms in total. The highest BCUT2D eigenvalue weighted by molar-refractivity contribution is 6.30. The molecule has 0 saturated carbocycles. The Morgan fingerprint density at radius 1 is 1.17 bits per heavy atom. The highest BCUT2D eigenvalue weighted by Crippen LogP contribution is 2.23. The van der Waals surface area contributed by atoms with Gasteiger partial charge in [0.25, 0.3) is 0 Å². The molecule has 0 aliphatic rings. The zero-order valence-corrected chi connectivity index (χ0v) is 16.8. The number of rotatable bonds is 5. The minimum absolute atomic E-state index is 0.0710. The lowest BCUT2D eigenvalue weighted by molar-refractivity contribution is 0.375. The second-order valence-corrected chi connectivity index (χ2v) is 6.94. The zero-order valence-electron chi connectivity index (χ0n) is 16.0. The van der Waals surface area contributed by atoms with Crippen LogP contribution in [0.4, 0.5) is 0 Å². The summed E-state index contributed by atoms with van der Waals surface area (Å²) in [4.78, 5) is 8.64. The van der Waals surface area contributed by atoms with Gasteiger partial charge in [-0.2, -0.15) is 4.98 Å². The van der Waals surface area contributed by atoms with Crippen molar-refractivity contribution in [1.29, 1.82) is 0 Å². The first-order valence-corrected chi connectivity index (χ1v) is 9.54. The Hall–Kier alpha value is -3.32. The van der Waals surface area contributed by atoms with Gasteiger partial charge in [0, 0.05) is 23.0 Å². The fourth-order valence-corrected chi connectivity index (χ4v) is 3.11. The maximum atomic E-state index is 6.02. The molecule has 0 spiro atoms. The monoisotopic (exact) mass is 409 g/mol. The predicted octanol–water partition coefficient (Wildman–Crippen LogP) is 4.56. The largest absolute Gasteiger partial charge is 0.459 e. The quantitative estimate of drug-likeness (QED) is 0.371. The molecule has 2 aromatic heterocycles. The van der Waals surface area contributed by atoms with Gasteiger partial charge in [0.15, 0.2) is 5.96 Å². The smallest absolute Gasteiger partial charge is 0.246 e. The molecule has 1 atom stereocenters.